The van der Waals surface area contributed by atoms with Gasteiger partial charge in [-0.25, -0.2) is 9.97 Å². The first kappa shape index (κ1) is 15.2. The second-order valence-electron chi connectivity index (χ2n) is 5.72. The van der Waals surface area contributed by atoms with Crippen LogP contribution in [-0.2, 0) is 6.42 Å². The second kappa shape index (κ2) is 7.58. The number of nitrogens with one attached hydrogen (secondary N) is 1. The minimum Gasteiger partial charge on any atom is -0.341 e. The van der Waals surface area contributed by atoms with Crippen LogP contribution in [0.4, 0.5) is 5.95 Å². The Morgan fingerprint density at radius 3 is 2.30 bits per heavy atom. The van der Waals surface area contributed by atoms with E-state index in [0.29, 0.717) is 0 Å². The van der Waals surface area contributed by atoms with Crippen molar-refractivity contribution in [3.05, 3.63) is 17.0 Å². The lowest BCUT2D eigenvalue weighted by molar-refractivity contribution is 0.636. The van der Waals surface area contributed by atoms with Crippen molar-refractivity contribution in [2.75, 3.05) is 31.1 Å². The highest BCUT2D eigenvalue weighted by molar-refractivity contribution is 5.37. The molecule has 1 aromatic rings. The van der Waals surface area contributed by atoms with Gasteiger partial charge in [0.15, 0.2) is 0 Å². The molecule has 112 valence electrons. The van der Waals surface area contributed by atoms with Crippen molar-refractivity contribution < 1.29 is 0 Å². The summed E-state index contributed by atoms with van der Waals surface area (Å²) in [5, 5.41) is 3.45. The van der Waals surface area contributed by atoms with Gasteiger partial charge >= 0.3 is 0 Å². The first-order valence-corrected chi connectivity index (χ1v) is 8.02. The number of hydrogen-bond donors (Lipinski definition) is 1. The zero-order valence-corrected chi connectivity index (χ0v) is 13.2. The molecule has 20 heavy (non-hydrogen) atoms. The SMILES string of the molecule is CCCNCCCc1c(C)nc(N2CCCC2)nc1C. The molecule has 1 aromatic heterocycles. The van der Waals surface area contributed by atoms with Gasteiger partial charge in [0.2, 0.25) is 5.95 Å². The molecule has 0 radical (unpaired) electrons. The van der Waals surface area contributed by atoms with E-state index in [1.54, 1.807) is 0 Å². The molecule has 0 bridgehead atoms. The fourth-order valence-corrected chi connectivity index (χ4v) is 2.83. The van der Waals surface area contributed by atoms with Crippen LogP contribution >= 0.6 is 0 Å². The number of hydrogen-bond acceptors (Lipinski definition) is 4. The molecule has 4 nitrogen and oxygen atoms in total. The van der Waals surface area contributed by atoms with Crippen LogP contribution in [0.25, 0.3) is 0 Å². The highest BCUT2D eigenvalue weighted by Gasteiger charge is 2.17. The molecule has 2 rings (SSSR count). The van der Waals surface area contributed by atoms with Gasteiger partial charge in [0.25, 0.3) is 0 Å². The third-order valence-electron chi connectivity index (χ3n) is 4.00. The fourth-order valence-electron chi connectivity index (χ4n) is 2.83. The highest BCUT2D eigenvalue weighted by Crippen LogP contribution is 2.20. The van der Waals surface area contributed by atoms with Crippen LogP contribution < -0.4 is 10.2 Å². The summed E-state index contributed by atoms with van der Waals surface area (Å²) in [6.45, 7) is 10.9. The van der Waals surface area contributed by atoms with Gasteiger partial charge in [-0.2, -0.15) is 0 Å². The zero-order chi connectivity index (χ0) is 14.4. The van der Waals surface area contributed by atoms with Crippen LogP contribution in [0.15, 0.2) is 0 Å². The summed E-state index contributed by atoms with van der Waals surface area (Å²) < 4.78 is 0. The normalized spacial score (nSPS) is 15.1. The van der Waals surface area contributed by atoms with E-state index in [2.05, 4.69) is 31.0 Å². The Hall–Kier alpha value is -1.16. The number of rotatable bonds is 7. The maximum Gasteiger partial charge on any atom is 0.225 e. The summed E-state index contributed by atoms with van der Waals surface area (Å²) in [4.78, 5) is 11.8. The molecule has 0 amide bonds. The predicted molar refractivity (Wildman–Crippen MR) is 84.4 cm³/mol. The molecule has 1 N–H and O–H groups in total. The Balaban J connectivity index is 1.95. The molecule has 2 heterocycles. The highest BCUT2D eigenvalue weighted by atomic mass is 15.3. The summed E-state index contributed by atoms with van der Waals surface area (Å²) >= 11 is 0. The average molecular weight is 276 g/mol. The van der Waals surface area contributed by atoms with Crippen molar-refractivity contribution >= 4 is 5.95 Å². The summed E-state index contributed by atoms with van der Waals surface area (Å²) in [7, 11) is 0. The second-order valence-corrected chi connectivity index (χ2v) is 5.72. The smallest absolute Gasteiger partial charge is 0.225 e. The van der Waals surface area contributed by atoms with E-state index in [1.807, 2.05) is 0 Å². The van der Waals surface area contributed by atoms with E-state index < -0.39 is 0 Å². The van der Waals surface area contributed by atoms with E-state index >= 15 is 0 Å². The Labute approximate surface area is 123 Å². The summed E-state index contributed by atoms with van der Waals surface area (Å²) in [5.41, 5.74) is 3.66. The first-order valence-electron chi connectivity index (χ1n) is 8.02. The fraction of sp³-hybridized carbons (Fsp3) is 0.750. The van der Waals surface area contributed by atoms with Gasteiger partial charge in [0.05, 0.1) is 0 Å². The molecule has 1 aliphatic rings. The number of aryl methyl sites for hydroxylation is 2. The van der Waals surface area contributed by atoms with Gasteiger partial charge in [-0.3, -0.25) is 0 Å². The molecule has 4 heteroatoms. The molecular formula is C16H28N4. The van der Waals surface area contributed by atoms with Gasteiger partial charge in [-0.05, 0) is 64.6 Å². The van der Waals surface area contributed by atoms with Crippen LogP contribution in [0, 0.1) is 13.8 Å². The largest absolute Gasteiger partial charge is 0.341 e. The Bertz CT molecular complexity index is 401. The maximum atomic E-state index is 4.73. The van der Waals surface area contributed by atoms with Crippen molar-refractivity contribution in [2.24, 2.45) is 0 Å². The Morgan fingerprint density at radius 1 is 1.05 bits per heavy atom. The summed E-state index contributed by atoms with van der Waals surface area (Å²) in [5.74, 6) is 0.936. The van der Waals surface area contributed by atoms with Gasteiger partial charge in [0.1, 0.15) is 0 Å². The minimum atomic E-state index is 0.936. The van der Waals surface area contributed by atoms with E-state index in [9.17, 15) is 0 Å². The molecule has 0 atom stereocenters. The third-order valence-corrected chi connectivity index (χ3v) is 4.00. The summed E-state index contributed by atoms with van der Waals surface area (Å²) in [6, 6.07) is 0. The lowest BCUT2D eigenvalue weighted by Gasteiger charge is -2.18. The van der Waals surface area contributed by atoms with E-state index in [0.717, 1.165) is 56.4 Å². The molecule has 0 saturated carbocycles. The number of anilines is 1. The molecule has 0 aliphatic carbocycles. The minimum absolute atomic E-state index is 0.936. The van der Waals surface area contributed by atoms with Gasteiger partial charge < -0.3 is 10.2 Å². The van der Waals surface area contributed by atoms with Gasteiger partial charge in [0, 0.05) is 24.5 Å². The van der Waals surface area contributed by atoms with Crippen molar-refractivity contribution in [1.29, 1.82) is 0 Å². The van der Waals surface area contributed by atoms with Crippen molar-refractivity contribution in [3.63, 3.8) is 0 Å². The number of aromatic nitrogens is 2. The lowest BCUT2D eigenvalue weighted by Crippen LogP contribution is -2.22. The van der Waals surface area contributed by atoms with Gasteiger partial charge in [-0.1, -0.05) is 6.92 Å². The van der Waals surface area contributed by atoms with Crippen molar-refractivity contribution in [1.82, 2.24) is 15.3 Å². The van der Waals surface area contributed by atoms with Crippen LogP contribution in [0.2, 0.25) is 0 Å². The molecule has 1 saturated heterocycles. The lowest BCUT2D eigenvalue weighted by atomic mass is 10.1. The van der Waals surface area contributed by atoms with E-state index in [4.69, 9.17) is 9.97 Å². The topological polar surface area (TPSA) is 41.1 Å². The molecular weight excluding hydrogens is 248 g/mol. The zero-order valence-electron chi connectivity index (χ0n) is 13.2. The van der Waals surface area contributed by atoms with Gasteiger partial charge in [-0.15, -0.1) is 0 Å². The Morgan fingerprint density at radius 2 is 1.70 bits per heavy atom. The quantitative estimate of drug-likeness (QED) is 0.777. The molecule has 1 fully saturated rings. The maximum absolute atomic E-state index is 4.73. The standard InChI is InChI=1S/C16H28N4/c1-4-9-17-10-7-8-15-13(2)18-16(19-14(15)3)20-11-5-6-12-20/h17H,4-12H2,1-3H3. The molecule has 0 aromatic carbocycles. The van der Waals surface area contributed by atoms with Crippen LogP contribution in [0.3, 0.4) is 0 Å². The number of nitrogens with zero attached hydrogens (tertiary/aromatic N) is 3. The monoisotopic (exact) mass is 276 g/mol. The average Bonchev–Trinajstić information content (AvgIpc) is 2.95. The predicted octanol–water partition coefficient (Wildman–Crippen LogP) is 2.63. The molecule has 0 spiro atoms. The van der Waals surface area contributed by atoms with Crippen molar-refractivity contribution in [2.45, 2.75) is 52.9 Å². The first-order chi connectivity index (χ1) is 9.72. The van der Waals surface area contributed by atoms with E-state index in [-0.39, 0.29) is 0 Å². The third kappa shape index (κ3) is 3.92. The van der Waals surface area contributed by atoms with Crippen LogP contribution in [-0.4, -0.2) is 36.1 Å². The van der Waals surface area contributed by atoms with Crippen LogP contribution in [0.5, 0.6) is 0 Å². The summed E-state index contributed by atoms with van der Waals surface area (Å²) in [6.07, 6.45) is 5.98. The Kier molecular flexibility index (Phi) is 5.77. The molecule has 1 aliphatic heterocycles. The van der Waals surface area contributed by atoms with Crippen molar-refractivity contribution in [3.8, 4) is 0 Å². The molecule has 0 unspecified atom stereocenters. The van der Waals surface area contributed by atoms with E-state index in [1.165, 1.54) is 24.8 Å². The van der Waals surface area contributed by atoms with Crippen LogP contribution in [0.1, 0.15) is 49.6 Å².